The average molecular weight is 361 g/mol. The molecule has 0 atom stereocenters. The number of nitriles is 1. The Bertz CT molecular complexity index is 1000. The third-order valence-electron chi connectivity index (χ3n) is 3.94. The Labute approximate surface area is 157 Å². The number of aromatic nitrogens is 4. The minimum atomic E-state index is -0.169. The van der Waals surface area contributed by atoms with Crippen LogP contribution in [0.3, 0.4) is 0 Å². The van der Waals surface area contributed by atoms with Crippen molar-refractivity contribution >= 4 is 11.7 Å². The van der Waals surface area contributed by atoms with Crippen LogP contribution in [0.5, 0.6) is 0 Å². The van der Waals surface area contributed by atoms with Crippen LogP contribution in [0.15, 0.2) is 42.6 Å². The zero-order chi connectivity index (χ0) is 19.4. The molecule has 0 bridgehead atoms. The molecule has 8 heteroatoms. The molecule has 1 aromatic carbocycles. The smallest absolute Gasteiger partial charge is 0.227 e. The van der Waals surface area contributed by atoms with E-state index in [0.29, 0.717) is 17.2 Å². The van der Waals surface area contributed by atoms with Gasteiger partial charge in [-0.05, 0) is 36.4 Å². The summed E-state index contributed by atoms with van der Waals surface area (Å²) in [5.74, 6) is 1.56. The first-order chi connectivity index (χ1) is 13.0. The Hall–Kier alpha value is -3.73. The van der Waals surface area contributed by atoms with Gasteiger partial charge in [0, 0.05) is 27.3 Å². The molecule has 136 valence electrons. The van der Waals surface area contributed by atoms with Crippen molar-refractivity contribution in [1.82, 2.24) is 25.1 Å². The van der Waals surface area contributed by atoms with Crippen LogP contribution in [0.1, 0.15) is 11.4 Å². The standard InChI is InChI=1S/C19H19N7O/c1-21-17(27)11-16-23-19(15-5-4-10-22-18(15)25(2)3)26(24-16)14-8-6-13(12-20)7-9-14/h4-10H,11H2,1-3H3,(H,21,27). The van der Waals surface area contributed by atoms with Crippen LogP contribution in [0.2, 0.25) is 0 Å². The lowest BCUT2D eigenvalue weighted by Crippen LogP contribution is -2.20. The number of carbonyl (C=O) groups is 1. The molecule has 0 saturated heterocycles. The number of hydrogen-bond donors (Lipinski definition) is 1. The first kappa shape index (κ1) is 18.1. The van der Waals surface area contributed by atoms with Crippen LogP contribution < -0.4 is 10.2 Å². The predicted octanol–water partition coefficient (Wildman–Crippen LogP) is 1.56. The number of pyridine rings is 1. The van der Waals surface area contributed by atoms with Crippen LogP contribution in [0.25, 0.3) is 17.1 Å². The fourth-order valence-corrected chi connectivity index (χ4v) is 2.62. The van der Waals surface area contributed by atoms with E-state index in [1.165, 1.54) is 0 Å². The highest BCUT2D eigenvalue weighted by atomic mass is 16.1. The van der Waals surface area contributed by atoms with Crippen LogP contribution in [0, 0.1) is 11.3 Å². The minimum absolute atomic E-state index is 0.0737. The molecule has 1 N–H and O–H groups in total. The largest absolute Gasteiger partial charge is 0.362 e. The van der Waals surface area contributed by atoms with E-state index in [1.54, 1.807) is 42.2 Å². The number of amides is 1. The molecule has 3 rings (SSSR count). The van der Waals surface area contributed by atoms with Crippen LogP contribution in [-0.2, 0) is 11.2 Å². The molecule has 0 spiro atoms. The summed E-state index contributed by atoms with van der Waals surface area (Å²) in [7, 11) is 5.38. The molecule has 0 radical (unpaired) electrons. The molecule has 2 heterocycles. The van der Waals surface area contributed by atoms with Crippen molar-refractivity contribution in [2.75, 3.05) is 26.0 Å². The molecule has 0 fully saturated rings. The summed E-state index contributed by atoms with van der Waals surface area (Å²) in [5, 5.41) is 16.1. The van der Waals surface area contributed by atoms with Gasteiger partial charge >= 0.3 is 0 Å². The van der Waals surface area contributed by atoms with Gasteiger partial charge in [-0.2, -0.15) is 10.4 Å². The number of hydrogen-bond acceptors (Lipinski definition) is 6. The van der Waals surface area contributed by atoms with Crippen molar-refractivity contribution in [1.29, 1.82) is 5.26 Å². The average Bonchev–Trinajstić information content (AvgIpc) is 3.11. The van der Waals surface area contributed by atoms with Crippen molar-refractivity contribution in [3.8, 4) is 23.1 Å². The van der Waals surface area contributed by atoms with Crippen LogP contribution >= 0.6 is 0 Å². The number of nitrogens with one attached hydrogen (secondary N) is 1. The van der Waals surface area contributed by atoms with Crippen molar-refractivity contribution in [3.05, 3.63) is 54.0 Å². The van der Waals surface area contributed by atoms with Gasteiger partial charge in [0.15, 0.2) is 11.6 Å². The Balaban J connectivity index is 2.16. The van der Waals surface area contributed by atoms with Gasteiger partial charge in [-0.15, -0.1) is 0 Å². The molecule has 0 saturated carbocycles. The number of rotatable bonds is 5. The van der Waals surface area contributed by atoms with E-state index in [0.717, 1.165) is 17.1 Å². The number of carbonyl (C=O) groups excluding carboxylic acids is 1. The molecule has 0 aliphatic rings. The first-order valence-corrected chi connectivity index (χ1v) is 8.33. The zero-order valence-electron chi connectivity index (χ0n) is 15.3. The maximum absolute atomic E-state index is 11.8. The molecule has 0 aliphatic heterocycles. The van der Waals surface area contributed by atoms with Crippen molar-refractivity contribution in [2.45, 2.75) is 6.42 Å². The Morgan fingerprint density at radius 1 is 1.26 bits per heavy atom. The van der Waals surface area contributed by atoms with Gasteiger partial charge in [0.25, 0.3) is 0 Å². The van der Waals surface area contributed by atoms with Gasteiger partial charge in [-0.3, -0.25) is 4.79 Å². The number of benzene rings is 1. The van der Waals surface area contributed by atoms with E-state index in [-0.39, 0.29) is 12.3 Å². The zero-order valence-corrected chi connectivity index (χ0v) is 15.3. The number of likely N-dealkylation sites (N-methyl/N-ethyl adjacent to an activating group) is 1. The lowest BCUT2D eigenvalue weighted by atomic mass is 10.2. The Morgan fingerprint density at radius 3 is 2.63 bits per heavy atom. The highest BCUT2D eigenvalue weighted by molar-refractivity contribution is 5.78. The number of anilines is 1. The summed E-state index contributed by atoms with van der Waals surface area (Å²) in [6.45, 7) is 0. The number of nitrogens with zero attached hydrogens (tertiary/aromatic N) is 6. The van der Waals surface area contributed by atoms with Gasteiger partial charge in [-0.1, -0.05) is 0 Å². The van der Waals surface area contributed by atoms with Crippen molar-refractivity contribution < 1.29 is 4.79 Å². The summed E-state index contributed by atoms with van der Waals surface area (Å²) in [5.41, 5.74) is 2.09. The highest BCUT2D eigenvalue weighted by Crippen LogP contribution is 2.28. The second kappa shape index (κ2) is 7.66. The normalized spacial score (nSPS) is 10.3. The topological polar surface area (TPSA) is 99.7 Å². The quantitative estimate of drug-likeness (QED) is 0.740. The summed E-state index contributed by atoms with van der Waals surface area (Å²) in [6, 6.07) is 12.9. The van der Waals surface area contributed by atoms with E-state index in [4.69, 9.17) is 5.26 Å². The lowest BCUT2D eigenvalue weighted by molar-refractivity contribution is -0.120. The fourth-order valence-electron chi connectivity index (χ4n) is 2.62. The molecule has 3 aromatic rings. The molecular weight excluding hydrogens is 342 g/mol. The SMILES string of the molecule is CNC(=O)Cc1nc(-c2cccnc2N(C)C)n(-c2ccc(C#N)cc2)n1. The van der Waals surface area contributed by atoms with Crippen LogP contribution in [-0.4, -0.2) is 46.8 Å². The maximum Gasteiger partial charge on any atom is 0.227 e. The monoisotopic (exact) mass is 361 g/mol. The molecule has 8 nitrogen and oxygen atoms in total. The third kappa shape index (κ3) is 3.77. The molecule has 2 aromatic heterocycles. The second-order valence-corrected chi connectivity index (χ2v) is 6.04. The predicted molar refractivity (Wildman–Crippen MR) is 101 cm³/mol. The van der Waals surface area contributed by atoms with Crippen LogP contribution in [0.4, 0.5) is 5.82 Å². The van der Waals surface area contributed by atoms with Gasteiger partial charge in [-0.25, -0.2) is 14.6 Å². The summed E-state index contributed by atoms with van der Waals surface area (Å²) in [6.07, 6.45) is 1.79. The van der Waals surface area contributed by atoms with Crippen molar-refractivity contribution in [2.24, 2.45) is 0 Å². The highest BCUT2D eigenvalue weighted by Gasteiger charge is 2.19. The minimum Gasteiger partial charge on any atom is -0.362 e. The van der Waals surface area contributed by atoms with Gasteiger partial charge < -0.3 is 10.2 Å². The molecule has 0 aliphatic carbocycles. The third-order valence-corrected chi connectivity index (χ3v) is 3.94. The summed E-state index contributed by atoms with van der Waals surface area (Å²) < 4.78 is 1.67. The fraction of sp³-hybridized carbons (Fsp3) is 0.211. The molecule has 0 unspecified atom stereocenters. The first-order valence-electron chi connectivity index (χ1n) is 8.33. The van der Waals surface area contributed by atoms with E-state index >= 15 is 0 Å². The summed E-state index contributed by atoms with van der Waals surface area (Å²) in [4.78, 5) is 22.7. The Kier molecular flexibility index (Phi) is 5.13. The summed E-state index contributed by atoms with van der Waals surface area (Å²) >= 11 is 0. The van der Waals surface area contributed by atoms with E-state index in [2.05, 4.69) is 26.5 Å². The van der Waals surface area contributed by atoms with Crippen molar-refractivity contribution in [3.63, 3.8) is 0 Å². The molecular formula is C19H19N7O. The van der Waals surface area contributed by atoms with E-state index in [1.807, 2.05) is 31.1 Å². The van der Waals surface area contributed by atoms with Gasteiger partial charge in [0.05, 0.1) is 29.3 Å². The van der Waals surface area contributed by atoms with E-state index < -0.39 is 0 Å². The molecule has 1 amide bonds. The molecule has 27 heavy (non-hydrogen) atoms. The lowest BCUT2D eigenvalue weighted by Gasteiger charge is -2.15. The van der Waals surface area contributed by atoms with Gasteiger partial charge in [0.2, 0.25) is 5.91 Å². The van der Waals surface area contributed by atoms with E-state index in [9.17, 15) is 4.79 Å². The second-order valence-electron chi connectivity index (χ2n) is 6.04. The van der Waals surface area contributed by atoms with Gasteiger partial charge in [0.1, 0.15) is 5.82 Å². The maximum atomic E-state index is 11.8. The Morgan fingerprint density at radius 2 is 2.00 bits per heavy atom.